The molecule has 2 rings (SSSR count). The Morgan fingerprint density at radius 2 is 2.21 bits per heavy atom. The summed E-state index contributed by atoms with van der Waals surface area (Å²) in [6.45, 7) is 4.31. The Hall–Kier alpha value is -2.56. The number of benzene rings is 1. The Labute approximate surface area is 140 Å². The number of nitrogens with zero attached hydrogens (tertiary/aromatic N) is 2. The van der Waals surface area contributed by atoms with Crippen molar-refractivity contribution in [3.05, 3.63) is 29.3 Å². The molecule has 0 amide bonds. The standard InChI is InChI=1S/C17H20N2O5/c1-22-15-4-2-3-13(11-14(12-18)17(20)21)16(15)24-10-7-19-5-8-23-9-6-19/h2-4,11H,5-10H2,1H3,(H,20,21)/b14-11-. The number of aliphatic carboxylic acids is 1. The molecule has 1 aromatic carbocycles. The van der Waals surface area contributed by atoms with E-state index < -0.39 is 5.97 Å². The topological polar surface area (TPSA) is 92.0 Å². The molecule has 1 heterocycles. The van der Waals surface area contributed by atoms with E-state index >= 15 is 0 Å². The van der Waals surface area contributed by atoms with Crippen LogP contribution in [0.3, 0.4) is 0 Å². The van der Waals surface area contributed by atoms with Gasteiger partial charge in [0.2, 0.25) is 0 Å². The highest BCUT2D eigenvalue weighted by atomic mass is 16.5. The summed E-state index contributed by atoms with van der Waals surface area (Å²) in [5.74, 6) is -0.352. The van der Waals surface area contributed by atoms with Crippen molar-refractivity contribution < 1.29 is 24.1 Å². The summed E-state index contributed by atoms with van der Waals surface area (Å²) in [5.41, 5.74) is 0.136. The van der Waals surface area contributed by atoms with Gasteiger partial charge in [0.1, 0.15) is 18.2 Å². The maximum Gasteiger partial charge on any atom is 0.346 e. The summed E-state index contributed by atoms with van der Waals surface area (Å²) < 4.78 is 16.4. The number of rotatable bonds is 7. The Kier molecular flexibility index (Phi) is 6.61. The second-order valence-electron chi connectivity index (χ2n) is 5.16. The number of carbonyl (C=O) groups is 1. The Morgan fingerprint density at radius 3 is 2.83 bits per heavy atom. The summed E-state index contributed by atoms with van der Waals surface area (Å²) in [4.78, 5) is 13.3. The third-order valence-corrected chi connectivity index (χ3v) is 3.64. The minimum absolute atomic E-state index is 0.360. The quantitative estimate of drug-likeness (QED) is 0.596. The molecule has 0 aliphatic carbocycles. The second-order valence-corrected chi connectivity index (χ2v) is 5.16. The summed E-state index contributed by atoms with van der Waals surface area (Å²) >= 11 is 0. The van der Waals surface area contributed by atoms with Gasteiger partial charge in [-0.1, -0.05) is 12.1 Å². The van der Waals surface area contributed by atoms with Crippen LogP contribution in [0.4, 0.5) is 0 Å². The van der Waals surface area contributed by atoms with Crippen LogP contribution >= 0.6 is 0 Å². The van der Waals surface area contributed by atoms with Gasteiger partial charge in [-0.3, -0.25) is 4.90 Å². The van der Waals surface area contributed by atoms with Crippen molar-refractivity contribution in [1.82, 2.24) is 4.90 Å². The zero-order valence-electron chi connectivity index (χ0n) is 13.5. The number of carboxylic acid groups (broad SMARTS) is 1. The number of hydrogen-bond acceptors (Lipinski definition) is 6. The van der Waals surface area contributed by atoms with Crippen LogP contribution in [0.5, 0.6) is 11.5 Å². The summed E-state index contributed by atoms with van der Waals surface area (Å²) in [6, 6.07) is 6.80. The third-order valence-electron chi connectivity index (χ3n) is 3.64. The zero-order chi connectivity index (χ0) is 17.4. The molecule has 1 aromatic rings. The summed E-state index contributed by atoms with van der Waals surface area (Å²) in [7, 11) is 1.51. The predicted molar refractivity (Wildman–Crippen MR) is 87.0 cm³/mol. The van der Waals surface area contributed by atoms with Crippen molar-refractivity contribution in [2.24, 2.45) is 0 Å². The molecule has 0 saturated carbocycles. The molecule has 0 unspecified atom stereocenters. The van der Waals surface area contributed by atoms with Crippen molar-refractivity contribution in [2.45, 2.75) is 0 Å². The highest BCUT2D eigenvalue weighted by Crippen LogP contribution is 2.32. The molecule has 128 valence electrons. The maximum absolute atomic E-state index is 11.0. The molecule has 1 aliphatic rings. The van der Waals surface area contributed by atoms with Crippen molar-refractivity contribution in [1.29, 1.82) is 5.26 Å². The molecule has 0 radical (unpaired) electrons. The van der Waals surface area contributed by atoms with Crippen LogP contribution in [-0.4, -0.2) is 62.5 Å². The molecule has 7 heteroatoms. The number of hydrogen-bond donors (Lipinski definition) is 1. The van der Waals surface area contributed by atoms with Gasteiger partial charge in [0.15, 0.2) is 11.5 Å². The molecular formula is C17H20N2O5. The van der Waals surface area contributed by atoms with Crippen LogP contribution in [-0.2, 0) is 9.53 Å². The monoisotopic (exact) mass is 332 g/mol. The number of methoxy groups -OCH3 is 1. The van der Waals surface area contributed by atoms with Crippen LogP contribution in [0.2, 0.25) is 0 Å². The summed E-state index contributed by atoms with van der Waals surface area (Å²) in [5, 5.41) is 17.9. The van der Waals surface area contributed by atoms with E-state index in [-0.39, 0.29) is 5.57 Å². The Morgan fingerprint density at radius 1 is 1.46 bits per heavy atom. The van der Waals surface area contributed by atoms with E-state index in [1.807, 2.05) is 0 Å². The first-order chi connectivity index (χ1) is 11.7. The fraction of sp³-hybridized carbons (Fsp3) is 0.412. The molecule has 7 nitrogen and oxygen atoms in total. The Balaban J connectivity index is 2.14. The number of para-hydroxylation sites is 1. The zero-order valence-corrected chi connectivity index (χ0v) is 13.5. The lowest BCUT2D eigenvalue weighted by Gasteiger charge is -2.26. The molecular weight excluding hydrogens is 312 g/mol. The van der Waals surface area contributed by atoms with E-state index in [4.69, 9.17) is 24.6 Å². The van der Waals surface area contributed by atoms with Gasteiger partial charge in [-0.25, -0.2) is 4.79 Å². The first kappa shape index (κ1) is 17.8. The van der Waals surface area contributed by atoms with Gasteiger partial charge in [0, 0.05) is 25.2 Å². The SMILES string of the molecule is COc1cccc(/C=C(/C#N)C(=O)O)c1OCCN1CCOCC1. The molecule has 1 fully saturated rings. The molecule has 0 spiro atoms. The third kappa shape index (κ3) is 4.72. The van der Waals surface area contributed by atoms with E-state index in [1.165, 1.54) is 13.2 Å². The average molecular weight is 332 g/mol. The fourth-order valence-electron chi connectivity index (χ4n) is 2.36. The first-order valence-corrected chi connectivity index (χ1v) is 7.60. The fourth-order valence-corrected chi connectivity index (χ4v) is 2.36. The van der Waals surface area contributed by atoms with Crippen molar-refractivity contribution in [3.8, 4) is 17.6 Å². The lowest BCUT2D eigenvalue weighted by molar-refractivity contribution is -0.132. The van der Waals surface area contributed by atoms with E-state index in [0.29, 0.717) is 36.9 Å². The van der Waals surface area contributed by atoms with Gasteiger partial charge < -0.3 is 19.3 Å². The molecule has 1 aliphatic heterocycles. The number of carboxylic acids is 1. The second kappa shape index (κ2) is 8.91. The molecule has 0 bridgehead atoms. The number of morpholine rings is 1. The van der Waals surface area contributed by atoms with Gasteiger partial charge in [0.05, 0.1) is 20.3 Å². The summed E-state index contributed by atoms with van der Waals surface area (Å²) in [6.07, 6.45) is 1.29. The van der Waals surface area contributed by atoms with E-state index in [0.717, 1.165) is 19.6 Å². The van der Waals surface area contributed by atoms with Gasteiger partial charge in [-0.2, -0.15) is 5.26 Å². The van der Waals surface area contributed by atoms with Crippen molar-refractivity contribution in [2.75, 3.05) is 46.6 Å². The van der Waals surface area contributed by atoms with Crippen LogP contribution in [0.25, 0.3) is 6.08 Å². The van der Waals surface area contributed by atoms with Crippen LogP contribution in [0.15, 0.2) is 23.8 Å². The van der Waals surface area contributed by atoms with Crippen LogP contribution in [0, 0.1) is 11.3 Å². The molecule has 1 saturated heterocycles. The van der Waals surface area contributed by atoms with Crippen LogP contribution in [0.1, 0.15) is 5.56 Å². The largest absolute Gasteiger partial charge is 0.493 e. The van der Waals surface area contributed by atoms with Gasteiger partial charge in [-0.15, -0.1) is 0 Å². The molecule has 0 aromatic heterocycles. The average Bonchev–Trinajstić information content (AvgIpc) is 2.61. The van der Waals surface area contributed by atoms with Gasteiger partial charge >= 0.3 is 5.97 Å². The highest BCUT2D eigenvalue weighted by Gasteiger charge is 2.14. The van der Waals surface area contributed by atoms with Gasteiger partial charge in [-0.05, 0) is 12.1 Å². The normalized spacial score (nSPS) is 15.6. The van der Waals surface area contributed by atoms with Crippen molar-refractivity contribution >= 4 is 12.0 Å². The smallest absolute Gasteiger partial charge is 0.346 e. The molecule has 0 atom stereocenters. The minimum atomic E-state index is -1.28. The molecule has 1 N–H and O–H groups in total. The van der Waals surface area contributed by atoms with E-state index in [2.05, 4.69) is 4.90 Å². The van der Waals surface area contributed by atoms with Crippen LogP contribution < -0.4 is 9.47 Å². The molecule has 24 heavy (non-hydrogen) atoms. The van der Waals surface area contributed by atoms with Crippen molar-refractivity contribution in [3.63, 3.8) is 0 Å². The predicted octanol–water partition coefficient (Wildman–Crippen LogP) is 1.40. The minimum Gasteiger partial charge on any atom is -0.493 e. The maximum atomic E-state index is 11.0. The Bertz CT molecular complexity index is 645. The van der Waals surface area contributed by atoms with E-state index in [9.17, 15) is 4.79 Å². The first-order valence-electron chi connectivity index (χ1n) is 7.60. The number of nitriles is 1. The lowest BCUT2D eigenvalue weighted by Crippen LogP contribution is -2.38. The van der Waals surface area contributed by atoms with Gasteiger partial charge in [0.25, 0.3) is 0 Å². The highest BCUT2D eigenvalue weighted by molar-refractivity contribution is 5.97. The van der Waals surface area contributed by atoms with E-state index in [1.54, 1.807) is 24.3 Å². The number of ether oxygens (including phenoxy) is 3. The lowest BCUT2D eigenvalue weighted by atomic mass is 10.1.